The Morgan fingerprint density at radius 3 is 2.47 bits per heavy atom. The van der Waals surface area contributed by atoms with Gasteiger partial charge in [-0.15, -0.1) is 0 Å². The Morgan fingerprint density at radius 2 is 1.74 bits per heavy atom. The predicted octanol–water partition coefficient (Wildman–Crippen LogP) is 7.48. The number of carbonyl (C=O) groups is 1. The number of fused-ring (bicyclic) bond motifs is 1. The van der Waals surface area contributed by atoms with Crippen molar-refractivity contribution in [2.45, 2.75) is 33.4 Å². The summed E-state index contributed by atoms with van der Waals surface area (Å²) in [5.74, 6) is -0.513. The van der Waals surface area contributed by atoms with Crippen LogP contribution in [-0.4, -0.2) is 10.5 Å². The summed E-state index contributed by atoms with van der Waals surface area (Å²) in [6, 6.07) is 29.9. The van der Waals surface area contributed by atoms with Gasteiger partial charge in [-0.3, -0.25) is 4.79 Å². The number of nitrogens with one attached hydrogen (secondary N) is 1. The SMILES string of the molecule is Cc1c(C)n(Cc2ccc(-c3ccccc3C#N)cc2)c2ccc(C(=O)N[C@@H](C)c3cccc(F)c3)cc12. The molecular formula is C33H28FN3O. The zero-order valence-corrected chi connectivity index (χ0v) is 21.6. The van der Waals surface area contributed by atoms with Crippen LogP contribution in [0.5, 0.6) is 0 Å². The monoisotopic (exact) mass is 501 g/mol. The zero-order chi connectivity index (χ0) is 26.8. The third kappa shape index (κ3) is 4.81. The van der Waals surface area contributed by atoms with Crippen LogP contribution >= 0.6 is 0 Å². The molecule has 0 radical (unpaired) electrons. The normalized spacial score (nSPS) is 11.8. The summed E-state index contributed by atoms with van der Waals surface area (Å²) >= 11 is 0. The zero-order valence-electron chi connectivity index (χ0n) is 21.6. The summed E-state index contributed by atoms with van der Waals surface area (Å²) in [5, 5.41) is 13.4. The molecular weight excluding hydrogens is 473 g/mol. The molecule has 0 aliphatic heterocycles. The van der Waals surface area contributed by atoms with Gasteiger partial charge in [-0.1, -0.05) is 54.6 Å². The fourth-order valence-electron chi connectivity index (χ4n) is 4.94. The Morgan fingerprint density at radius 1 is 0.974 bits per heavy atom. The Labute approximate surface area is 222 Å². The number of benzene rings is 4. The summed E-state index contributed by atoms with van der Waals surface area (Å²) in [5.41, 5.74) is 8.38. The molecule has 1 amide bonds. The summed E-state index contributed by atoms with van der Waals surface area (Å²) < 4.78 is 15.9. The highest BCUT2D eigenvalue weighted by atomic mass is 19.1. The van der Waals surface area contributed by atoms with Crippen molar-refractivity contribution in [2.75, 3.05) is 0 Å². The van der Waals surface area contributed by atoms with Crippen molar-refractivity contribution >= 4 is 16.8 Å². The van der Waals surface area contributed by atoms with E-state index >= 15 is 0 Å². The second-order valence-electron chi connectivity index (χ2n) is 9.63. The van der Waals surface area contributed by atoms with E-state index in [0.29, 0.717) is 17.7 Å². The van der Waals surface area contributed by atoms with E-state index in [0.717, 1.165) is 44.4 Å². The fourth-order valence-corrected chi connectivity index (χ4v) is 4.94. The maximum atomic E-state index is 13.6. The average molecular weight is 502 g/mol. The Bertz CT molecular complexity index is 1690. The third-order valence-electron chi connectivity index (χ3n) is 7.25. The maximum Gasteiger partial charge on any atom is 0.251 e. The smallest absolute Gasteiger partial charge is 0.251 e. The van der Waals surface area contributed by atoms with Gasteiger partial charge in [0, 0.05) is 28.7 Å². The summed E-state index contributed by atoms with van der Waals surface area (Å²) in [6.07, 6.45) is 0. The molecule has 0 aliphatic carbocycles. The second-order valence-corrected chi connectivity index (χ2v) is 9.63. The number of hydrogen-bond donors (Lipinski definition) is 1. The van der Waals surface area contributed by atoms with Crippen LogP contribution in [0.1, 0.15) is 51.3 Å². The molecule has 188 valence electrons. The van der Waals surface area contributed by atoms with Gasteiger partial charge < -0.3 is 9.88 Å². The van der Waals surface area contributed by atoms with Crippen molar-refractivity contribution in [3.05, 3.63) is 130 Å². The predicted molar refractivity (Wildman–Crippen MR) is 149 cm³/mol. The third-order valence-corrected chi connectivity index (χ3v) is 7.25. The van der Waals surface area contributed by atoms with Gasteiger partial charge >= 0.3 is 0 Å². The van der Waals surface area contributed by atoms with Crippen LogP contribution in [0.4, 0.5) is 4.39 Å². The number of aryl methyl sites for hydroxylation is 1. The van der Waals surface area contributed by atoms with Crippen LogP contribution in [0.3, 0.4) is 0 Å². The van der Waals surface area contributed by atoms with Gasteiger partial charge in [0.05, 0.1) is 17.7 Å². The minimum absolute atomic E-state index is 0.193. The quantitative estimate of drug-likeness (QED) is 0.262. The number of halogens is 1. The van der Waals surface area contributed by atoms with Gasteiger partial charge in [-0.2, -0.15) is 5.26 Å². The number of carbonyl (C=O) groups excluding carboxylic acids is 1. The number of aromatic nitrogens is 1. The number of hydrogen-bond acceptors (Lipinski definition) is 2. The lowest BCUT2D eigenvalue weighted by atomic mass is 9.99. The van der Waals surface area contributed by atoms with Gasteiger partial charge in [0.15, 0.2) is 0 Å². The summed E-state index contributed by atoms with van der Waals surface area (Å²) in [6.45, 7) is 6.71. The van der Waals surface area contributed by atoms with Crippen molar-refractivity contribution < 1.29 is 9.18 Å². The van der Waals surface area contributed by atoms with Crippen LogP contribution in [0.2, 0.25) is 0 Å². The fraction of sp³-hybridized carbons (Fsp3) is 0.152. The highest BCUT2D eigenvalue weighted by Gasteiger charge is 2.16. The van der Waals surface area contributed by atoms with Crippen LogP contribution < -0.4 is 5.32 Å². The Kier molecular flexibility index (Phi) is 6.81. The molecule has 0 unspecified atom stereocenters. The molecule has 4 nitrogen and oxygen atoms in total. The van der Waals surface area contributed by atoms with E-state index < -0.39 is 0 Å². The van der Waals surface area contributed by atoms with E-state index in [9.17, 15) is 14.4 Å². The molecule has 38 heavy (non-hydrogen) atoms. The lowest BCUT2D eigenvalue weighted by molar-refractivity contribution is 0.0940. The molecule has 5 heteroatoms. The molecule has 0 spiro atoms. The first-order valence-electron chi connectivity index (χ1n) is 12.6. The van der Waals surface area contributed by atoms with Crippen LogP contribution in [0.15, 0.2) is 91.0 Å². The minimum atomic E-state index is -0.320. The first-order valence-corrected chi connectivity index (χ1v) is 12.6. The topological polar surface area (TPSA) is 57.8 Å². The number of amides is 1. The molecule has 4 aromatic carbocycles. The van der Waals surface area contributed by atoms with Crippen LogP contribution in [0, 0.1) is 31.0 Å². The van der Waals surface area contributed by atoms with Gasteiger partial charge in [0.1, 0.15) is 5.82 Å². The van der Waals surface area contributed by atoms with Crippen molar-refractivity contribution in [2.24, 2.45) is 0 Å². The number of rotatable bonds is 6. The number of nitrogens with zero attached hydrogens (tertiary/aromatic N) is 2. The molecule has 0 bridgehead atoms. The maximum absolute atomic E-state index is 13.6. The van der Waals surface area contributed by atoms with Crippen LogP contribution in [-0.2, 0) is 6.54 Å². The molecule has 0 saturated carbocycles. The van der Waals surface area contributed by atoms with Crippen LogP contribution in [0.25, 0.3) is 22.0 Å². The van der Waals surface area contributed by atoms with E-state index in [4.69, 9.17) is 0 Å². The largest absolute Gasteiger partial charge is 0.346 e. The van der Waals surface area contributed by atoms with E-state index in [2.05, 4.69) is 54.1 Å². The van der Waals surface area contributed by atoms with E-state index in [-0.39, 0.29) is 17.8 Å². The van der Waals surface area contributed by atoms with Gasteiger partial charge in [0.2, 0.25) is 0 Å². The minimum Gasteiger partial charge on any atom is -0.346 e. The molecule has 1 atom stereocenters. The Hall–Kier alpha value is -4.69. The molecule has 5 aromatic rings. The molecule has 0 fully saturated rings. The van der Waals surface area contributed by atoms with E-state index in [1.165, 1.54) is 12.1 Å². The van der Waals surface area contributed by atoms with Crippen molar-refractivity contribution in [3.63, 3.8) is 0 Å². The van der Waals surface area contributed by atoms with E-state index in [1.807, 2.05) is 49.4 Å². The van der Waals surface area contributed by atoms with E-state index in [1.54, 1.807) is 12.1 Å². The summed E-state index contributed by atoms with van der Waals surface area (Å²) in [4.78, 5) is 13.0. The standard InChI is InChI=1S/C33H28FN3O/c1-21-23(3)37(20-24-11-13-25(14-12-24)30-10-5-4-7-28(30)19-35)32-16-15-27(18-31(21)32)33(38)36-22(2)26-8-6-9-29(34)17-26/h4-18,22H,20H2,1-3H3,(H,36,38)/t22-/m0/s1. The molecule has 0 aliphatic rings. The highest BCUT2D eigenvalue weighted by Crippen LogP contribution is 2.29. The highest BCUT2D eigenvalue weighted by molar-refractivity contribution is 5.99. The van der Waals surface area contributed by atoms with Gasteiger partial charge in [-0.25, -0.2) is 4.39 Å². The van der Waals surface area contributed by atoms with Crippen molar-refractivity contribution in [3.8, 4) is 17.2 Å². The second kappa shape index (κ2) is 10.4. The first-order chi connectivity index (χ1) is 18.4. The lowest BCUT2D eigenvalue weighted by Gasteiger charge is -2.15. The molecule has 1 heterocycles. The Balaban J connectivity index is 1.39. The molecule has 0 saturated heterocycles. The summed E-state index contributed by atoms with van der Waals surface area (Å²) in [7, 11) is 0. The number of nitriles is 1. The van der Waals surface area contributed by atoms with Crippen molar-refractivity contribution in [1.82, 2.24) is 9.88 Å². The molecule has 5 rings (SSSR count). The first kappa shape index (κ1) is 25.0. The lowest BCUT2D eigenvalue weighted by Crippen LogP contribution is -2.26. The van der Waals surface area contributed by atoms with Gasteiger partial charge in [-0.05, 0) is 85.0 Å². The molecule has 1 aromatic heterocycles. The molecule has 1 N–H and O–H groups in total. The van der Waals surface area contributed by atoms with Crippen molar-refractivity contribution in [1.29, 1.82) is 5.26 Å². The van der Waals surface area contributed by atoms with Gasteiger partial charge in [0.25, 0.3) is 5.91 Å². The average Bonchev–Trinajstić information content (AvgIpc) is 3.17.